The van der Waals surface area contributed by atoms with Crippen molar-refractivity contribution in [2.75, 3.05) is 0 Å². The second-order valence-electron chi connectivity index (χ2n) is 4.59. The minimum absolute atomic E-state index is 0. The second kappa shape index (κ2) is 6.45. The Labute approximate surface area is 128 Å². The average molecular weight is 310 g/mol. The molecule has 7 heteroatoms. The Morgan fingerprint density at radius 2 is 2.10 bits per heavy atom. The summed E-state index contributed by atoms with van der Waals surface area (Å²) < 4.78 is 24.4. The number of nitrogens with two attached hydrogens (primary N) is 1. The molecule has 2 aromatic rings. The summed E-state index contributed by atoms with van der Waals surface area (Å²) in [5, 5.41) is 9.63. The third-order valence-corrected chi connectivity index (χ3v) is 3.24. The van der Waals surface area contributed by atoms with Crippen LogP contribution in [-0.2, 0) is 17.8 Å². The van der Waals surface area contributed by atoms with Gasteiger partial charge in [0.15, 0.2) is 11.6 Å². The molecule has 1 aliphatic rings. The van der Waals surface area contributed by atoms with Crippen LogP contribution < -0.4 is 15.9 Å². The number of hydrogen-bond acceptors (Lipinski definition) is 4. The van der Waals surface area contributed by atoms with Crippen LogP contribution in [0.2, 0.25) is 0 Å². The predicted octanol–water partition coefficient (Wildman–Crippen LogP) is 1.72. The van der Waals surface area contributed by atoms with Gasteiger partial charge in [0.1, 0.15) is 5.75 Å². The van der Waals surface area contributed by atoms with E-state index < -0.39 is 12.9 Å². The van der Waals surface area contributed by atoms with Crippen molar-refractivity contribution < 1.29 is 18.8 Å². The maximum absolute atomic E-state index is 13.8. The van der Waals surface area contributed by atoms with Crippen LogP contribution in [0.5, 0.6) is 11.5 Å². The van der Waals surface area contributed by atoms with E-state index in [2.05, 4.69) is 0 Å². The SMILES string of the molecule is Cl.NCc1ccc(Oc2ccc3c(c2)B(O)OC3)c(F)c1. The molecule has 0 fully saturated rings. The van der Waals surface area contributed by atoms with E-state index in [1.54, 1.807) is 24.3 Å². The van der Waals surface area contributed by atoms with E-state index in [9.17, 15) is 9.41 Å². The summed E-state index contributed by atoms with van der Waals surface area (Å²) >= 11 is 0. The minimum Gasteiger partial charge on any atom is -0.454 e. The number of rotatable bonds is 3. The lowest BCUT2D eigenvalue weighted by atomic mass is 9.79. The van der Waals surface area contributed by atoms with Crippen LogP contribution in [0, 0.1) is 5.82 Å². The Kier molecular flexibility index (Phi) is 4.85. The maximum atomic E-state index is 13.8. The van der Waals surface area contributed by atoms with E-state index in [-0.39, 0.29) is 24.7 Å². The first kappa shape index (κ1) is 15.8. The van der Waals surface area contributed by atoms with E-state index in [0.29, 0.717) is 23.4 Å². The van der Waals surface area contributed by atoms with Crippen molar-refractivity contribution in [2.24, 2.45) is 5.73 Å². The molecule has 3 rings (SSSR count). The summed E-state index contributed by atoms with van der Waals surface area (Å²) in [5.74, 6) is 0.105. The monoisotopic (exact) mass is 309 g/mol. The molecule has 0 aliphatic carbocycles. The van der Waals surface area contributed by atoms with Crippen molar-refractivity contribution in [1.29, 1.82) is 0 Å². The molecule has 4 nitrogen and oxygen atoms in total. The minimum atomic E-state index is -0.946. The van der Waals surface area contributed by atoms with E-state index in [1.165, 1.54) is 12.1 Å². The largest absolute Gasteiger partial charge is 0.491 e. The van der Waals surface area contributed by atoms with Crippen LogP contribution in [-0.4, -0.2) is 12.1 Å². The van der Waals surface area contributed by atoms with Gasteiger partial charge in [0.25, 0.3) is 0 Å². The highest BCUT2D eigenvalue weighted by Crippen LogP contribution is 2.26. The average Bonchev–Trinajstić information content (AvgIpc) is 2.82. The molecule has 1 aliphatic heterocycles. The summed E-state index contributed by atoms with van der Waals surface area (Å²) in [6.07, 6.45) is 0. The molecular weight excluding hydrogens is 295 g/mol. The summed E-state index contributed by atoms with van der Waals surface area (Å²) in [6.45, 7) is 0.649. The predicted molar refractivity (Wildman–Crippen MR) is 80.5 cm³/mol. The van der Waals surface area contributed by atoms with Crippen LogP contribution >= 0.6 is 12.4 Å². The fourth-order valence-electron chi connectivity index (χ4n) is 2.14. The summed E-state index contributed by atoms with van der Waals surface area (Å²) in [7, 11) is -0.946. The third-order valence-electron chi connectivity index (χ3n) is 3.24. The van der Waals surface area contributed by atoms with Gasteiger partial charge in [-0.15, -0.1) is 12.4 Å². The molecule has 0 aromatic heterocycles. The van der Waals surface area contributed by atoms with Gasteiger partial charge in [-0.1, -0.05) is 12.1 Å². The van der Waals surface area contributed by atoms with E-state index in [1.807, 2.05) is 0 Å². The van der Waals surface area contributed by atoms with Gasteiger partial charge in [-0.2, -0.15) is 0 Å². The normalized spacial score (nSPS) is 12.8. The van der Waals surface area contributed by atoms with E-state index in [4.69, 9.17) is 15.1 Å². The molecule has 3 N–H and O–H groups in total. The molecule has 21 heavy (non-hydrogen) atoms. The maximum Gasteiger partial charge on any atom is 0.491 e. The van der Waals surface area contributed by atoms with Gasteiger partial charge in [-0.3, -0.25) is 0 Å². The Morgan fingerprint density at radius 3 is 2.81 bits per heavy atom. The van der Waals surface area contributed by atoms with Gasteiger partial charge in [-0.05, 0) is 40.9 Å². The zero-order chi connectivity index (χ0) is 14.1. The molecule has 0 saturated carbocycles. The number of benzene rings is 2. The van der Waals surface area contributed by atoms with Crippen molar-refractivity contribution in [3.63, 3.8) is 0 Å². The number of halogens is 2. The fourth-order valence-corrected chi connectivity index (χ4v) is 2.14. The molecule has 0 saturated heterocycles. The van der Waals surface area contributed by atoms with Gasteiger partial charge in [0.05, 0.1) is 6.61 Å². The lowest BCUT2D eigenvalue weighted by Gasteiger charge is -2.09. The van der Waals surface area contributed by atoms with Crippen molar-refractivity contribution in [1.82, 2.24) is 0 Å². The zero-order valence-electron chi connectivity index (χ0n) is 11.1. The third kappa shape index (κ3) is 3.19. The number of hydrogen-bond donors (Lipinski definition) is 2. The van der Waals surface area contributed by atoms with Crippen molar-refractivity contribution in [3.05, 3.63) is 53.3 Å². The Balaban J connectivity index is 0.00000161. The van der Waals surface area contributed by atoms with Crippen molar-refractivity contribution >= 4 is 25.0 Å². The van der Waals surface area contributed by atoms with Gasteiger partial charge in [-0.25, -0.2) is 4.39 Å². The molecule has 0 atom stereocenters. The Morgan fingerprint density at radius 1 is 1.29 bits per heavy atom. The van der Waals surface area contributed by atoms with Crippen molar-refractivity contribution in [2.45, 2.75) is 13.2 Å². The highest BCUT2D eigenvalue weighted by atomic mass is 35.5. The number of fused-ring (bicyclic) bond motifs is 1. The van der Waals surface area contributed by atoms with Gasteiger partial charge >= 0.3 is 7.12 Å². The molecule has 0 bridgehead atoms. The summed E-state index contributed by atoms with van der Waals surface area (Å²) in [4.78, 5) is 0. The molecule has 0 radical (unpaired) electrons. The second-order valence-corrected chi connectivity index (χ2v) is 4.59. The van der Waals surface area contributed by atoms with Gasteiger partial charge < -0.3 is 20.1 Å². The molecule has 0 amide bonds. The van der Waals surface area contributed by atoms with Gasteiger partial charge in [0.2, 0.25) is 0 Å². The number of ether oxygens (including phenoxy) is 1. The lowest BCUT2D eigenvalue weighted by Crippen LogP contribution is -2.27. The Bertz CT molecular complexity index is 656. The fraction of sp³-hybridized carbons (Fsp3) is 0.143. The topological polar surface area (TPSA) is 64.7 Å². The standard InChI is InChI=1S/C14H13BFNO3.ClH/c16-13-5-9(7-17)1-4-14(13)20-11-3-2-10-8-19-15(18)12(10)6-11;/h1-6,18H,7-8,17H2;1H. The quantitative estimate of drug-likeness (QED) is 0.847. The Hall–Kier alpha value is -1.60. The van der Waals surface area contributed by atoms with Crippen LogP contribution in [0.1, 0.15) is 11.1 Å². The van der Waals surface area contributed by atoms with E-state index >= 15 is 0 Å². The first-order valence-corrected chi connectivity index (χ1v) is 6.26. The molecule has 2 aromatic carbocycles. The first-order valence-electron chi connectivity index (χ1n) is 6.26. The summed E-state index contributed by atoms with van der Waals surface area (Å²) in [5.41, 5.74) is 7.71. The summed E-state index contributed by atoms with van der Waals surface area (Å²) in [6, 6.07) is 9.77. The van der Waals surface area contributed by atoms with Crippen LogP contribution in [0.4, 0.5) is 4.39 Å². The first-order chi connectivity index (χ1) is 9.67. The molecule has 0 unspecified atom stereocenters. The molecular formula is C14H14BClFNO3. The van der Waals surface area contributed by atoms with E-state index in [0.717, 1.165) is 5.56 Å². The van der Waals surface area contributed by atoms with Gasteiger partial charge in [0, 0.05) is 6.54 Å². The highest BCUT2D eigenvalue weighted by Gasteiger charge is 2.27. The lowest BCUT2D eigenvalue weighted by molar-refractivity contribution is 0.275. The highest BCUT2D eigenvalue weighted by molar-refractivity contribution is 6.61. The smallest absolute Gasteiger partial charge is 0.454 e. The van der Waals surface area contributed by atoms with Crippen molar-refractivity contribution in [3.8, 4) is 11.5 Å². The van der Waals surface area contributed by atoms with Crippen LogP contribution in [0.3, 0.4) is 0 Å². The molecule has 1 heterocycles. The molecule has 110 valence electrons. The van der Waals surface area contributed by atoms with Crippen LogP contribution in [0.25, 0.3) is 0 Å². The molecule has 0 spiro atoms. The van der Waals surface area contributed by atoms with Crippen LogP contribution in [0.15, 0.2) is 36.4 Å². The zero-order valence-corrected chi connectivity index (χ0v) is 11.9.